The molecule has 0 fully saturated rings. The van der Waals surface area contributed by atoms with E-state index < -0.39 is 0 Å². The molecular weight excluding hydrogens is 408 g/mol. The van der Waals surface area contributed by atoms with Crippen LogP contribution >= 0.6 is 11.3 Å². The Bertz CT molecular complexity index is 1080. The summed E-state index contributed by atoms with van der Waals surface area (Å²) in [6.45, 7) is 0.549. The Morgan fingerprint density at radius 3 is 2.52 bits per heavy atom. The van der Waals surface area contributed by atoms with Crippen LogP contribution in [0.5, 0.6) is 5.75 Å². The maximum absolute atomic E-state index is 13.1. The molecule has 160 valence electrons. The number of amides is 2. The first kappa shape index (κ1) is 21.1. The maximum Gasteiger partial charge on any atom is 0.260 e. The van der Waals surface area contributed by atoms with E-state index >= 15 is 0 Å². The van der Waals surface area contributed by atoms with Crippen LogP contribution in [0.15, 0.2) is 54.6 Å². The third-order valence-electron chi connectivity index (χ3n) is 5.52. The van der Waals surface area contributed by atoms with Gasteiger partial charge in [-0.25, -0.2) is 0 Å². The molecule has 1 heterocycles. The number of benzene rings is 2. The van der Waals surface area contributed by atoms with E-state index in [1.807, 2.05) is 24.3 Å². The van der Waals surface area contributed by atoms with Gasteiger partial charge in [0.05, 0.1) is 18.2 Å². The molecule has 0 aliphatic heterocycles. The maximum atomic E-state index is 13.1. The van der Waals surface area contributed by atoms with Crippen molar-refractivity contribution in [2.24, 2.45) is 0 Å². The number of carbonyl (C=O) groups is 2. The Kier molecular flexibility index (Phi) is 6.67. The lowest BCUT2D eigenvalue weighted by atomic mass is 9.95. The van der Waals surface area contributed by atoms with Crippen LogP contribution in [-0.4, -0.2) is 25.5 Å². The van der Waals surface area contributed by atoms with Crippen molar-refractivity contribution in [3.63, 3.8) is 0 Å². The largest absolute Gasteiger partial charge is 0.496 e. The summed E-state index contributed by atoms with van der Waals surface area (Å²) in [7, 11) is 1.54. The SMILES string of the molecule is COc1ccccc1C(=O)Nc1sc2c(c1C(=O)NCCc1ccccc1)CCCC2. The van der Waals surface area contributed by atoms with Crippen molar-refractivity contribution in [3.05, 3.63) is 81.7 Å². The lowest BCUT2D eigenvalue weighted by molar-refractivity contribution is 0.0954. The molecule has 6 heteroatoms. The van der Waals surface area contributed by atoms with E-state index in [9.17, 15) is 9.59 Å². The second kappa shape index (κ2) is 9.79. The molecule has 2 N–H and O–H groups in total. The Hall–Kier alpha value is -3.12. The molecule has 2 aromatic carbocycles. The number of fused-ring (bicyclic) bond motifs is 1. The van der Waals surface area contributed by atoms with E-state index in [0.29, 0.717) is 28.4 Å². The minimum absolute atomic E-state index is 0.120. The minimum atomic E-state index is -0.269. The summed E-state index contributed by atoms with van der Waals surface area (Å²) in [5.41, 5.74) is 3.34. The van der Waals surface area contributed by atoms with Gasteiger partial charge in [-0.1, -0.05) is 42.5 Å². The first-order chi connectivity index (χ1) is 15.2. The lowest BCUT2D eigenvalue weighted by Gasteiger charge is -2.13. The topological polar surface area (TPSA) is 67.4 Å². The zero-order valence-corrected chi connectivity index (χ0v) is 18.4. The number of methoxy groups -OCH3 is 1. The Balaban J connectivity index is 1.54. The highest BCUT2D eigenvalue weighted by Crippen LogP contribution is 2.38. The Labute approximate surface area is 186 Å². The van der Waals surface area contributed by atoms with Crippen molar-refractivity contribution in [2.75, 3.05) is 19.0 Å². The summed E-state index contributed by atoms with van der Waals surface area (Å²) in [4.78, 5) is 27.3. The van der Waals surface area contributed by atoms with Crippen LogP contribution in [0.4, 0.5) is 5.00 Å². The summed E-state index contributed by atoms with van der Waals surface area (Å²) < 4.78 is 5.32. The van der Waals surface area contributed by atoms with Gasteiger partial charge >= 0.3 is 0 Å². The first-order valence-corrected chi connectivity index (χ1v) is 11.4. The van der Waals surface area contributed by atoms with E-state index in [-0.39, 0.29) is 11.8 Å². The third-order valence-corrected chi connectivity index (χ3v) is 6.73. The van der Waals surface area contributed by atoms with Crippen LogP contribution in [0.25, 0.3) is 0 Å². The number of aryl methyl sites for hydroxylation is 1. The van der Waals surface area contributed by atoms with Gasteiger partial charge < -0.3 is 15.4 Å². The van der Waals surface area contributed by atoms with Crippen LogP contribution < -0.4 is 15.4 Å². The van der Waals surface area contributed by atoms with Gasteiger partial charge in [0.25, 0.3) is 11.8 Å². The van der Waals surface area contributed by atoms with Crippen LogP contribution in [0.2, 0.25) is 0 Å². The average Bonchev–Trinajstić information content (AvgIpc) is 3.17. The fourth-order valence-electron chi connectivity index (χ4n) is 3.95. The number of hydrogen-bond donors (Lipinski definition) is 2. The van der Waals surface area contributed by atoms with Crippen molar-refractivity contribution in [3.8, 4) is 5.75 Å². The van der Waals surface area contributed by atoms with Gasteiger partial charge in [0, 0.05) is 11.4 Å². The smallest absolute Gasteiger partial charge is 0.260 e. The fourth-order valence-corrected chi connectivity index (χ4v) is 5.23. The zero-order valence-electron chi connectivity index (χ0n) is 17.6. The highest BCUT2D eigenvalue weighted by atomic mass is 32.1. The minimum Gasteiger partial charge on any atom is -0.496 e. The number of thiophene rings is 1. The second-order valence-electron chi connectivity index (χ2n) is 7.56. The summed E-state index contributed by atoms with van der Waals surface area (Å²) in [6.07, 6.45) is 4.77. The molecule has 0 saturated heterocycles. The molecule has 3 aromatic rings. The summed E-state index contributed by atoms with van der Waals surface area (Å²) in [5.74, 6) is 0.121. The van der Waals surface area contributed by atoms with Crippen molar-refractivity contribution >= 4 is 28.2 Å². The number of anilines is 1. The summed E-state index contributed by atoms with van der Waals surface area (Å²) >= 11 is 1.52. The van der Waals surface area contributed by atoms with Gasteiger partial charge in [0.15, 0.2) is 0 Å². The van der Waals surface area contributed by atoms with Gasteiger partial charge in [-0.3, -0.25) is 9.59 Å². The molecule has 2 amide bonds. The zero-order chi connectivity index (χ0) is 21.6. The van der Waals surface area contributed by atoms with Crippen molar-refractivity contribution in [1.29, 1.82) is 0 Å². The molecule has 1 aromatic heterocycles. The highest BCUT2D eigenvalue weighted by molar-refractivity contribution is 7.17. The predicted octanol–water partition coefficient (Wildman–Crippen LogP) is 4.86. The standard InChI is InChI=1S/C25H26N2O3S/c1-30-20-13-7-5-11-18(20)23(28)27-25-22(19-12-6-8-14-21(19)31-25)24(29)26-16-15-17-9-3-2-4-10-17/h2-5,7,9-11,13H,6,8,12,14-16H2,1H3,(H,26,29)(H,27,28). The van der Waals surface area contributed by atoms with Crippen LogP contribution in [0.1, 0.15) is 49.6 Å². The molecule has 5 nitrogen and oxygen atoms in total. The average molecular weight is 435 g/mol. The number of nitrogens with one attached hydrogen (secondary N) is 2. The quantitative estimate of drug-likeness (QED) is 0.558. The number of hydrogen-bond acceptors (Lipinski definition) is 4. The summed E-state index contributed by atoms with van der Waals surface area (Å²) in [6, 6.07) is 17.2. The van der Waals surface area contributed by atoms with Crippen LogP contribution in [0, 0.1) is 0 Å². The lowest BCUT2D eigenvalue weighted by Crippen LogP contribution is -2.27. The predicted molar refractivity (Wildman–Crippen MR) is 124 cm³/mol. The molecule has 1 aliphatic carbocycles. The van der Waals surface area contributed by atoms with Gasteiger partial charge in [-0.15, -0.1) is 11.3 Å². The number of rotatable bonds is 7. The highest BCUT2D eigenvalue weighted by Gasteiger charge is 2.27. The van der Waals surface area contributed by atoms with E-state index in [4.69, 9.17) is 4.74 Å². The van der Waals surface area contributed by atoms with Crippen molar-refractivity contribution in [1.82, 2.24) is 5.32 Å². The molecule has 0 atom stereocenters. The van der Waals surface area contributed by atoms with Gasteiger partial charge in [-0.2, -0.15) is 0 Å². The Morgan fingerprint density at radius 2 is 1.71 bits per heavy atom. The number of ether oxygens (including phenoxy) is 1. The van der Waals surface area contributed by atoms with Gasteiger partial charge in [-0.05, 0) is 55.4 Å². The normalized spacial score (nSPS) is 12.7. The monoisotopic (exact) mass is 434 g/mol. The Morgan fingerprint density at radius 1 is 0.968 bits per heavy atom. The number of para-hydroxylation sites is 1. The third kappa shape index (κ3) is 4.80. The van der Waals surface area contributed by atoms with Gasteiger partial charge in [0.1, 0.15) is 10.8 Å². The molecule has 4 rings (SSSR count). The molecule has 0 spiro atoms. The van der Waals surface area contributed by atoms with E-state index in [2.05, 4.69) is 22.8 Å². The molecule has 0 radical (unpaired) electrons. The molecule has 0 bridgehead atoms. The molecule has 0 unspecified atom stereocenters. The van der Waals surface area contributed by atoms with E-state index in [0.717, 1.165) is 37.7 Å². The van der Waals surface area contributed by atoms with Crippen LogP contribution in [0.3, 0.4) is 0 Å². The van der Waals surface area contributed by atoms with Crippen molar-refractivity contribution < 1.29 is 14.3 Å². The van der Waals surface area contributed by atoms with E-state index in [1.165, 1.54) is 21.8 Å². The molecule has 0 saturated carbocycles. The molecular formula is C25H26N2O3S. The second-order valence-corrected chi connectivity index (χ2v) is 8.67. The molecule has 31 heavy (non-hydrogen) atoms. The fraction of sp³-hybridized carbons (Fsp3) is 0.280. The van der Waals surface area contributed by atoms with E-state index in [1.54, 1.807) is 25.3 Å². The summed E-state index contributed by atoms with van der Waals surface area (Å²) in [5, 5.41) is 6.66. The number of carbonyl (C=O) groups excluding carboxylic acids is 2. The first-order valence-electron chi connectivity index (χ1n) is 10.6. The van der Waals surface area contributed by atoms with Crippen molar-refractivity contribution in [2.45, 2.75) is 32.1 Å². The van der Waals surface area contributed by atoms with Crippen LogP contribution in [-0.2, 0) is 19.3 Å². The van der Waals surface area contributed by atoms with Gasteiger partial charge in [0.2, 0.25) is 0 Å². The molecule has 1 aliphatic rings.